The van der Waals surface area contributed by atoms with Gasteiger partial charge in [-0.25, -0.2) is 4.98 Å². The molecule has 3 nitrogen and oxygen atoms in total. The highest BCUT2D eigenvalue weighted by Gasteiger charge is 2.17. The van der Waals surface area contributed by atoms with Crippen molar-refractivity contribution in [1.29, 1.82) is 0 Å². The van der Waals surface area contributed by atoms with Crippen molar-refractivity contribution in [2.75, 3.05) is 6.54 Å². The zero-order valence-electron chi connectivity index (χ0n) is 10.4. The van der Waals surface area contributed by atoms with Gasteiger partial charge in [-0.2, -0.15) is 0 Å². The first-order chi connectivity index (χ1) is 9.24. The molecule has 0 spiro atoms. The topological polar surface area (TPSA) is 29.9 Å². The van der Waals surface area contributed by atoms with Crippen LogP contribution in [0.1, 0.15) is 12.8 Å². The second kappa shape index (κ2) is 5.53. The average Bonchev–Trinajstić information content (AvgIpc) is 3.04. The SMILES string of the molecule is Clc1ccc(Cl)c(-c2cncn2CC2CCCN2)c1. The molecule has 5 heteroatoms. The van der Waals surface area contributed by atoms with Crippen molar-refractivity contribution >= 4 is 23.2 Å². The molecule has 1 saturated heterocycles. The van der Waals surface area contributed by atoms with Crippen LogP contribution in [0.25, 0.3) is 11.3 Å². The first-order valence-corrected chi connectivity index (χ1v) is 7.18. The molecule has 0 bridgehead atoms. The Bertz CT molecular complexity index is 574. The molecular weight excluding hydrogens is 281 g/mol. The van der Waals surface area contributed by atoms with E-state index in [2.05, 4.69) is 14.9 Å². The highest BCUT2D eigenvalue weighted by Crippen LogP contribution is 2.30. The van der Waals surface area contributed by atoms with Crippen molar-refractivity contribution < 1.29 is 0 Å². The molecule has 1 N–H and O–H groups in total. The van der Waals surface area contributed by atoms with Gasteiger partial charge < -0.3 is 9.88 Å². The quantitative estimate of drug-likeness (QED) is 0.937. The summed E-state index contributed by atoms with van der Waals surface area (Å²) in [5, 5.41) is 4.88. The summed E-state index contributed by atoms with van der Waals surface area (Å²) < 4.78 is 2.14. The maximum absolute atomic E-state index is 6.26. The maximum Gasteiger partial charge on any atom is 0.0951 e. The van der Waals surface area contributed by atoms with Crippen LogP contribution in [0, 0.1) is 0 Å². The summed E-state index contributed by atoms with van der Waals surface area (Å²) >= 11 is 12.3. The lowest BCUT2D eigenvalue weighted by Gasteiger charge is -2.14. The van der Waals surface area contributed by atoms with E-state index < -0.39 is 0 Å². The molecule has 1 atom stereocenters. The van der Waals surface area contributed by atoms with Crippen LogP contribution in [-0.4, -0.2) is 22.1 Å². The number of halogens is 2. The number of nitrogens with zero attached hydrogens (tertiary/aromatic N) is 2. The average molecular weight is 296 g/mol. The van der Waals surface area contributed by atoms with Crippen LogP contribution in [-0.2, 0) is 6.54 Å². The molecule has 0 radical (unpaired) electrons. The fourth-order valence-electron chi connectivity index (χ4n) is 2.53. The van der Waals surface area contributed by atoms with Gasteiger partial charge in [0.2, 0.25) is 0 Å². The van der Waals surface area contributed by atoms with Gasteiger partial charge in [0.25, 0.3) is 0 Å². The molecular formula is C14H15Cl2N3. The summed E-state index contributed by atoms with van der Waals surface area (Å²) in [5.41, 5.74) is 1.95. The van der Waals surface area contributed by atoms with Crippen LogP contribution < -0.4 is 5.32 Å². The summed E-state index contributed by atoms with van der Waals surface area (Å²) in [6, 6.07) is 6.03. The Morgan fingerprint density at radius 1 is 1.37 bits per heavy atom. The third kappa shape index (κ3) is 2.78. The molecule has 1 aromatic carbocycles. The van der Waals surface area contributed by atoms with Crippen LogP contribution in [0.5, 0.6) is 0 Å². The molecule has 2 heterocycles. The van der Waals surface area contributed by atoms with E-state index in [1.165, 1.54) is 12.8 Å². The minimum absolute atomic E-state index is 0.519. The van der Waals surface area contributed by atoms with E-state index in [1.54, 1.807) is 6.07 Å². The number of aromatic nitrogens is 2. The maximum atomic E-state index is 6.26. The van der Waals surface area contributed by atoms with Gasteiger partial charge in [-0.3, -0.25) is 0 Å². The Balaban J connectivity index is 1.92. The third-order valence-electron chi connectivity index (χ3n) is 3.50. The van der Waals surface area contributed by atoms with E-state index in [0.717, 1.165) is 24.3 Å². The minimum atomic E-state index is 0.519. The van der Waals surface area contributed by atoms with Crippen molar-refractivity contribution in [2.45, 2.75) is 25.4 Å². The number of imidazole rings is 1. The van der Waals surface area contributed by atoms with Gasteiger partial charge in [-0.1, -0.05) is 23.2 Å². The second-order valence-corrected chi connectivity index (χ2v) is 5.69. The molecule has 1 aromatic heterocycles. The van der Waals surface area contributed by atoms with E-state index in [0.29, 0.717) is 16.1 Å². The Hall–Kier alpha value is -1.03. The van der Waals surface area contributed by atoms with Crippen molar-refractivity contribution in [3.05, 3.63) is 40.8 Å². The molecule has 1 aliphatic heterocycles. The number of benzene rings is 1. The van der Waals surface area contributed by atoms with E-state index in [-0.39, 0.29) is 0 Å². The predicted molar refractivity (Wildman–Crippen MR) is 78.7 cm³/mol. The van der Waals surface area contributed by atoms with E-state index >= 15 is 0 Å². The molecule has 2 aromatic rings. The normalized spacial score (nSPS) is 18.9. The first-order valence-electron chi connectivity index (χ1n) is 6.43. The first kappa shape index (κ1) is 13.0. The van der Waals surface area contributed by atoms with Gasteiger partial charge in [-0.05, 0) is 37.6 Å². The highest BCUT2D eigenvalue weighted by molar-refractivity contribution is 6.35. The lowest BCUT2D eigenvalue weighted by molar-refractivity contribution is 0.512. The van der Waals surface area contributed by atoms with Gasteiger partial charge >= 0.3 is 0 Å². The van der Waals surface area contributed by atoms with Gasteiger partial charge in [0.1, 0.15) is 0 Å². The molecule has 0 aliphatic carbocycles. The summed E-state index contributed by atoms with van der Waals surface area (Å²) in [6.07, 6.45) is 6.15. The van der Waals surface area contributed by atoms with Crippen molar-refractivity contribution in [1.82, 2.24) is 14.9 Å². The Labute approximate surface area is 122 Å². The highest BCUT2D eigenvalue weighted by atomic mass is 35.5. The van der Waals surface area contributed by atoms with Crippen LogP contribution in [0.15, 0.2) is 30.7 Å². The summed E-state index contributed by atoms with van der Waals surface area (Å²) in [4.78, 5) is 4.24. The van der Waals surface area contributed by atoms with Gasteiger partial charge in [-0.15, -0.1) is 0 Å². The third-order valence-corrected chi connectivity index (χ3v) is 4.06. The van der Waals surface area contributed by atoms with Crippen molar-refractivity contribution in [2.24, 2.45) is 0 Å². The second-order valence-electron chi connectivity index (χ2n) is 4.85. The molecule has 1 fully saturated rings. The van der Waals surface area contributed by atoms with Gasteiger partial charge in [0.05, 0.1) is 23.2 Å². The van der Waals surface area contributed by atoms with Crippen LogP contribution in [0.3, 0.4) is 0 Å². The molecule has 0 amide bonds. The largest absolute Gasteiger partial charge is 0.329 e. The fourth-order valence-corrected chi connectivity index (χ4v) is 2.92. The van der Waals surface area contributed by atoms with Gasteiger partial charge in [0.15, 0.2) is 0 Å². The monoisotopic (exact) mass is 295 g/mol. The fraction of sp³-hybridized carbons (Fsp3) is 0.357. The van der Waals surface area contributed by atoms with Gasteiger partial charge in [0, 0.05) is 23.2 Å². The van der Waals surface area contributed by atoms with E-state index in [9.17, 15) is 0 Å². The Kier molecular flexibility index (Phi) is 3.78. The zero-order chi connectivity index (χ0) is 13.2. The molecule has 1 aliphatic rings. The van der Waals surface area contributed by atoms with Crippen LogP contribution in [0.2, 0.25) is 10.0 Å². The minimum Gasteiger partial charge on any atom is -0.329 e. The predicted octanol–water partition coefficient (Wildman–Crippen LogP) is 3.61. The number of nitrogens with one attached hydrogen (secondary N) is 1. The molecule has 3 rings (SSSR count). The lowest BCUT2D eigenvalue weighted by Crippen LogP contribution is -2.26. The number of rotatable bonds is 3. The van der Waals surface area contributed by atoms with Crippen molar-refractivity contribution in [3.63, 3.8) is 0 Å². The number of hydrogen-bond acceptors (Lipinski definition) is 2. The van der Waals surface area contributed by atoms with Crippen molar-refractivity contribution in [3.8, 4) is 11.3 Å². The Morgan fingerprint density at radius 2 is 2.26 bits per heavy atom. The Morgan fingerprint density at radius 3 is 3.05 bits per heavy atom. The van der Waals surface area contributed by atoms with Crippen LogP contribution in [0.4, 0.5) is 0 Å². The molecule has 1 unspecified atom stereocenters. The zero-order valence-corrected chi connectivity index (χ0v) is 12.0. The molecule has 100 valence electrons. The summed E-state index contributed by atoms with van der Waals surface area (Å²) in [5.74, 6) is 0. The standard InChI is InChI=1S/C14H15Cl2N3/c15-10-3-4-13(16)12(6-10)14-7-17-9-19(14)8-11-2-1-5-18-11/h3-4,6-7,9,11,18H,1-2,5,8H2. The summed E-state index contributed by atoms with van der Waals surface area (Å²) in [6.45, 7) is 2.02. The molecule has 0 saturated carbocycles. The number of hydrogen-bond donors (Lipinski definition) is 1. The lowest BCUT2D eigenvalue weighted by atomic mass is 10.1. The molecule has 19 heavy (non-hydrogen) atoms. The van der Waals surface area contributed by atoms with Crippen LogP contribution >= 0.6 is 23.2 Å². The van der Waals surface area contributed by atoms with E-state index in [4.69, 9.17) is 23.2 Å². The summed E-state index contributed by atoms with van der Waals surface area (Å²) in [7, 11) is 0. The van der Waals surface area contributed by atoms with E-state index in [1.807, 2.05) is 24.7 Å². The smallest absolute Gasteiger partial charge is 0.0951 e.